The predicted octanol–water partition coefficient (Wildman–Crippen LogP) is 5.37. The number of likely N-dealkylation sites (N-methyl/N-ethyl adjacent to an activating group) is 1. The smallest absolute Gasteiger partial charge is 0.203 e. The van der Waals surface area contributed by atoms with Crippen LogP contribution in [0.4, 0.5) is 0 Å². The number of rotatable bonds is 12. The van der Waals surface area contributed by atoms with E-state index in [-0.39, 0.29) is 18.3 Å². The Kier molecular flexibility index (Phi) is 11.2. The number of methoxy groups -OCH3 is 3. The Labute approximate surface area is 221 Å². The monoisotopic (exact) mass is 518 g/mol. The number of nitriles is 1. The summed E-state index contributed by atoms with van der Waals surface area (Å²) in [5.74, 6) is 2.71. The zero-order valence-corrected chi connectivity index (χ0v) is 23.1. The summed E-state index contributed by atoms with van der Waals surface area (Å²) in [6, 6.07) is 12.8. The lowest BCUT2D eigenvalue weighted by molar-refractivity contribution is -0.0164. The van der Waals surface area contributed by atoms with Crippen LogP contribution < -0.4 is 18.9 Å². The average Bonchev–Trinajstić information content (AvgIpc) is 2.88. The second-order valence-corrected chi connectivity index (χ2v) is 9.36. The molecule has 0 saturated heterocycles. The molecule has 0 radical (unpaired) electrons. The molecule has 1 unspecified atom stereocenters. The van der Waals surface area contributed by atoms with E-state index in [9.17, 15) is 5.26 Å². The fourth-order valence-electron chi connectivity index (χ4n) is 4.71. The molecule has 8 heteroatoms. The van der Waals surface area contributed by atoms with Gasteiger partial charge in [0.15, 0.2) is 18.3 Å². The maximum atomic E-state index is 10.4. The Bertz CT molecular complexity index is 1010. The standard InChI is InChI=1S/C28H38N2O5.ClH/c1-20(2)28(18-29,23-15-25(31-4)27(33-6)26(16-23)32-5)11-7-12-30(3)13-10-21-8-9-24-22(14-21)17-34-19-35-24;/h8-9,14-16,20H,7,10-13,17,19H2,1-6H3;1H. The number of hydrogen-bond donors (Lipinski definition) is 0. The third-order valence-electron chi connectivity index (χ3n) is 6.94. The Morgan fingerprint density at radius 2 is 1.75 bits per heavy atom. The van der Waals surface area contributed by atoms with E-state index in [1.54, 1.807) is 21.3 Å². The van der Waals surface area contributed by atoms with Gasteiger partial charge in [-0.1, -0.05) is 19.9 Å². The Morgan fingerprint density at radius 1 is 1.06 bits per heavy atom. The van der Waals surface area contributed by atoms with Gasteiger partial charge < -0.3 is 28.6 Å². The first kappa shape index (κ1) is 29.6. The number of nitrogens with zero attached hydrogens (tertiary/aromatic N) is 2. The molecule has 1 atom stereocenters. The van der Waals surface area contributed by atoms with Gasteiger partial charge in [-0.15, -0.1) is 12.4 Å². The number of halogens is 1. The van der Waals surface area contributed by atoms with Crippen LogP contribution in [0.15, 0.2) is 30.3 Å². The molecule has 7 nitrogen and oxygen atoms in total. The fourth-order valence-corrected chi connectivity index (χ4v) is 4.71. The van der Waals surface area contributed by atoms with Crippen LogP contribution in [0, 0.1) is 17.2 Å². The molecular formula is C28H39ClN2O5. The van der Waals surface area contributed by atoms with Gasteiger partial charge in [-0.3, -0.25) is 0 Å². The zero-order chi connectivity index (χ0) is 25.4. The van der Waals surface area contributed by atoms with E-state index in [4.69, 9.17) is 23.7 Å². The minimum absolute atomic E-state index is 0. The number of fused-ring (bicyclic) bond motifs is 1. The molecule has 0 saturated carbocycles. The van der Waals surface area contributed by atoms with Gasteiger partial charge in [0, 0.05) is 12.1 Å². The lowest BCUT2D eigenvalue weighted by Gasteiger charge is -2.33. The minimum Gasteiger partial charge on any atom is -0.493 e. The van der Waals surface area contributed by atoms with Crippen molar-refractivity contribution in [3.8, 4) is 29.1 Å². The molecule has 1 aliphatic heterocycles. The summed E-state index contributed by atoms with van der Waals surface area (Å²) >= 11 is 0. The molecule has 0 fully saturated rings. The summed E-state index contributed by atoms with van der Waals surface area (Å²) in [5.41, 5.74) is 2.62. The summed E-state index contributed by atoms with van der Waals surface area (Å²) in [5, 5.41) is 10.4. The van der Waals surface area contributed by atoms with E-state index in [0.29, 0.717) is 30.6 Å². The van der Waals surface area contributed by atoms with E-state index in [2.05, 4.69) is 44.0 Å². The van der Waals surface area contributed by atoms with Crippen LogP contribution in [0.25, 0.3) is 0 Å². The highest BCUT2D eigenvalue weighted by Gasteiger charge is 2.37. The SMILES string of the molecule is COc1cc(C(C#N)(CCCN(C)CCc2ccc3c(c2)COCO3)C(C)C)cc(OC)c1OC.Cl. The first-order chi connectivity index (χ1) is 16.9. The second-order valence-electron chi connectivity index (χ2n) is 9.36. The van der Waals surface area contributed by atoms with Gasteiger partial charge in [0.25, 0.3) is 0 Å². The second kappa shape index (κ2) is 13.6. The third-order valence-corrected chi connectivity index (χ3v) is 6.94. The molecule has 0 spiro atoms. The van der Waals surface area contributed by atoms with Crippen molar-refractivity contribution >= 4 is 12.4 Å². The van der Waals surface area contributed by atoms with Crippen molar-refractivity contribution in [2.24, 2.45) is 5.92 Å². The van der Waals surface area contributed by atoms with Crippen LogP contribution in [0.3, 0.4) is 0 Å². The van der Waals surface area contributed by atoms with Crippen molar-refractivity contribution in [2.75, 3.05) is 48.3 Å². The lowest BCUT2D eigenvalue weighted by Crippen LogP contribution is -2.32. The maximum Gasteiger partial charge on any atom is 0.203 e. The first-order valence-electron chi connectivity index (χ1n) is 12.1. The molecule has 0 amide bonds. The van der Waals surface area contributed by atoms with E-state index in [1.165, 1.54) is 5.56 Å². The van der Waals surface area contributed by atoms with Crippen molar-refractivity contribution in [3.05, 3.63) is 47.0 Å². The first-order valence-corrected chi connectivity index (χ1v) is 12.1. The van der Waals surface area contributed by atoms with Crippen molar-refractivity contribution in [1.29, 1.82) is 5.26 Å². The highest BCUT2D eigenvalue weighted by Crippen LogP contribution is 2.45. The summed E-state index contributed by atoms with van der Waals surface area (Å²) < 4.78 is 27.5. The molecule has 0 N–H and O–H groups in total. The molecule has 0 aliphatic carbocycles. The molecule has 1 heterocycles. The molecular weight excluding hydrogens is 480 g/mol. The third kappa shape index (κ3) is 6.56. The summed E-state index contributed by atoms with van der Waals surface area (Å²) in [4.78, 5) is 2.32. The fraction of sp³-hybridized carbons (Fsp3) is 0.536. The minimum atomic E-state index is -0.661. The van der Waals surface area contributed by atoms with Crippen molar-refractivity contribution in [2.45, 2.75) is 45.1 Å². The number of hydrogen-bond acceptors (Lipinski definition) is 7. The van der Waals surface area contributed by atoms with Crippen LogP contribution in [-0.4, -0.2) is 53.2 Å². The van der Waals surface area contributed by atoms with Crippen molar-refractivity contribution < 1.29 is 23.7 Å². The number of benzene rings is 2. The molecule has 2 aromatic carbocycles. The predicted molar refractivity (Wildman–Crippen MR) is 143 cm³/mol. The van der Waals surface area contributed by atoms with Gasteiger partial charge in [-0.2, -0.15) is 5.26 Å². The average molecular weight is 519 g/mol. The van der Waals surface area contributed by atoms with E-state index < -0.39 is 5.41 Å². The summed E-state index contributed by atoms with van der Waals surface area (Å²) in [6.07, 6.45) is 2.58. The molecule has 1 aliphatic rings. The van der Waals surface area contributed by atoms with Crippen molar-refractivity contribution in [1.82, 2.24) is 4.90 Å². The van der Waals surface area contributed by atoms with Crippen LogP contribution in [-0.2, 0) is 23.2 Å². The van der Waals surface area contributed by atoms with Gasteiger partial charge in [0.05, 0.1) is 39.4 Å². The van der Waals surface area contributed by atoms with Gasteiger partial charge >= 0.3 is 0 Å². The summed E-state index contributed by atoms with van der Waals surface area (Å²) in [7, 11) is 6.92. The lowest BCUT2D eigenvalue weighted by atomic mass is 9.69. The molecule has 0 aromatic heterocycles. The van der Waals surface area contributed by atoms with Crippen LogP contribution in [0.1, 0.15) is 43.4 Å². The van der Waals surface area contributed by atoms with Gasteiger partial charge in [0.1, 0.15) is 5.75 Å². The topological polar surface area (TPSA) is 73.2 Å². The normalized spacial score (nSPS) is 14.2. The maximum absolute atomic E-state index is 10.4. The van der Waals surface area contributed by atoms with Crippen LogP contribution >= 0.6 is 12.4 Å². The molecule has 2 aromatic rings. The number of ether oxygens (including phenoxy) is 5. The van der Waals surface area contributed by atoms with E-state index >= 15 is 0 Å². The molecule has 198 valence electrons. The van der Waals surface area contributed by atoms with E-state index in [0.717, 1.165) is 49.2 Å². The van der Waals surface area contributed by atoms with Crippen molar-refractivity contribution in [3.63, 3.8) is 0 Å². The van der Waals surface area contributed by atoms with E-state index in [1.807, 2.05) is 18.2 Å². The largest absolute Gasteiger partial charge is 0.493 e. The Morgan fingerprint density at radius 3 is 2.33 bits per heavy atom. The molecule has 36 heavy (non-hydrogen) atoms. The highest BCUT2D eigenvalue weighted by molar-refractivity contribution is 5.85. The molecule has 0 bridgehead atoms. The highest BCUT2D eigenvalue weighted by atomic mass is 35.5. The summed E-state index contributed by atoms with van der Waals surface area (Å²) in [6.45, 7) is 6.96. The van der Waals surface area contributed by atoms with Crippen LogP contribution in [0.2, 0.25) is 0 Å². The molecule has 3 rings (SSSR count). The quantitative estimate of drug-likeness (QED) is 0.374. The Balaban J connectivity index is 0.00000456. The van der Waals surface area contributed by atoms with Gasteiger partial charge in [-0.25, -0.2) is 0 Å². The zero-order valence-electron chi connectivity index (χ0n) is 22.3. The Hall–Kier alpha value is -2.66. The van der Waals surface area contributed by atoms with Crippen LogP contribution in [0.5, 0.6) is 23.0 Å². The van der Waals surface area contributed by atoms with Gasteiger partial charge in [-0.05, 0) is 74.2 Å². The van der Waals surface area contributed by atoms with Gasteiger partial charge in [0.2, 0.25) is 5.75 Å².